The Kier molecular flexibility index (Phi) is 3.82. The van der Waals surface area contributed by atoms with E-state index in [0.717, 1.165) is 51.4 Å². The molecule has 1 unspecified atom stereocenters. The summed E-state index contributed by atoms with van der Waals surface area (Å²) < 4.78 is 5.50. The van der Waals surface area contributed by atoms with E-state index in [4.69, 9.17) is 9.72 Å². The Hall–Kier alpha value is -0.970. The zero-order chi connectivity index (χ0) is 13.2. The number of β-amino-alcohol motifs (C(OH)–C–C–N with tert-alkyl or cyclic N) is 1. The highest BCUT2D eigenvalue weighted by molar-refractivity contribution is 5.28. The largest absolute Gasteiger partial charge is 0.390 e. The highest BCUT2D eigenvalue weighted by Crippen LogP contribution is 2.29. The highest BCUT2D eigenvalue weighted by atomic mass is 16.5. The Bertz CT molecular complexity index is 438. The van der Waals surface area contributed by atoms with Crippen LogP contribution in [0.4, 0.5) is 0 Å². The number of likely N-dealkylation sites (tertiary alicyclic amines) is 1. The minimum atomic E-state index is -0.146. The molecule has 4 heteroatoms. The number of rotatable bonds is 4. The van der Waals surface area contributed by atoms with Gasteiger partial charge in [0, 0.05) is 37.9 Å². The molecule has 0 spiro atoms. The molecule has 1 aromatic rings. The minimum absolute atomic E-state index is 0.146. The number of aliphatic hydroxyl groups excluding tert-OH is 1. The maximum absolute atomic E-state index is 9.40. The van der Waals surface area contributed by atoms with Gasteiger partial charge in [0.05, 0.1) is 18.4 Å². The fourth-order valence-corrected chi connectivity index (χ4v) is 2.92. The monoisotopic (exact) mass is 262 g/mol. The van der Waals surface area contributed by atoms with Crippen LogP contribution in [0.1, 0.15) is 36.2 Å². The third-order valence-electron chi connectivity index (χ3n) is 4.11. The van der Waals surface area contributed by atoms with Gasteiger partial charge >= 0.3 is 0 Å². The maximum Gasteiger partial charge on any atom is 0.0794 e. The van der Waals surface area contributed by atoms with Gasteiger partial charge in [0.25, 0.3) is 0 Å². The lowest BCUT2D eigenvalue weighted by molar-refractivity contribution is -0.00378. The summed E-state index contributed by atoms with van der Waals surface area (Å²) in [6.07, 6.45) is 1.92. The van der Waals surface area contributed by atoms with Crippen molar-refractivity contribution in [2.45, 2.75) is 38.3 Å². The van der Waals surface area contributed by atoms with E-state index in [9.17, 15) is 5.11 Å². The SMILES string of the molecule is CCc1ccc(C2CCOC2)c(CN2CC(O)C2)n1. The van der Waals surface area contributed by atoms with Crippen LogP contribution in [0.5, 0.6) is 0 Å². The van der Waals surface area contributed by atoms with Crippen LogP contribution in [0, 0.1) is 0 Å². The molecule has 0 bridgehead atoms. The van der Waals surface area contributed by atoms with Crippen LogP contribution >= 0.6 is 0 Å². The lowest BCUT2D eigenvalue weighted by Gasteiger charge is -2.36. The molecular weight excluding hydrogens is 240 g/mol. The third kappa shape index (κ3) is 2.81. The number of hydrogen-bond donors (Lipinski definition) is 1. The second-order valence-electron chi connectivity index (χ2n) is 5.60. The van der Waals surface area contributed by atoms with E-state index in [1.165, 1.54) is 11.3 Å². The lowest BCUT2D eigenvalue weighted by atomic mass is 9.95. The molecule has 4 nitrogen and oxygen atoms in total. The molecule has 0 saturated carbocycles. The van der Waals surface area contributed by atoms with Crippen LogP contribution in [0.2, 0.25) is 0 Å². The number of ether oxygens (including phenoxy) is 1. The van der Waals surface area contributed by atoms with Crippen molar-refractivity contribution in [1.82, 2.24) is 9.88 Å². The van der Waals surface area contributed by atoms with Gasteiger partial charge in [0.15, 0.2) is 0 Å². The van der Waals surface area contributed by atoms with E-state index >= 15 is 0 Å². The first-order valence-corrected chi connectivity index (χ1v) is 7.23. The van der Waals surface area contributed by atoms with Crippen molar-refractivity contribution in [2.75, 3.05) is 26.3 Å². The van der Waals surface area contributed by atoms with Crippen molar-refractivity contribution in [3.8, 4) is 0 Å². The molecule has 0 amide bonds. The minimum Gasteiger partial charge on any atom is -0.390 e. The first-order chi connectivity index (χ1) is 9.26. The molecule has 2 fully saturated rings. The fraction of sp³-hybridized carbons (Fsp3) is 0.667. The summed E-state index contributed by atoms with van der Waals surface area (Å²) in [5, 5.41) is 9.40. The average molecular weight is 262 g/mol. The number of nitrogens with zero attached hydrogens (tertiary/aromatic N) is 2. The Balaban J connectivity index is 1.80. The summed E-state index contributed by atoms with van der Waals surface area (Å²) in [5.41, 5.74) is 3.68. The van der Waals surface area contributed by atoms with Crippen molar-refractivity contribution in [1.29, 1.82) is 0 Å². The van der Waals surface area contributed by atoms with Gasteiger partial charge in [0.1, 0.15) is 0 Å². The molecule has 104 valence electrons. The summed E-state index contributed by atoms with van der Waals surface area (Å²) in [5.74, 6) is 0.500. The molecule has 3 rings (SSSR count). The van der Waals surface area contributed by atoms with Gasteiger partial charge in [-0.1, -0.05) is 13.0 Å². The Morgan fingerprint density at radius 1 is 1.42 bits per heavy atom. The smallest absolute Gasteiger partial charge is 0.0794 e. The number of pyridine rings is 1. The summed E-state index contributed by atoms with van der Waals surface area (Å²) in [6, 6.07) is 4.37. The molecule has 1 atom stereocenters. The van der Waals surface area contributed by atoms with Crippen molar-refractivity contribution >= 4 is 0 Å². The molecule has 3 heterocycles. The van der Waals surface area contributed by atoms with E-state index in [-0.39, 0.29) is 6.10 Å². The quantitative estimate of drug-likeness (QED) is 0.889. The van der Waals surface area contributed by atoms with E-state index in [1.807, 2.05) is 0 Å². The molecule has 0 aliphatic carbocycles. The lowest BCUT2D eigenvalue weighted by Crippen LogP contribution is -2.50. The van der Waals surface area contributed by atoms with Gasteiger partial charge in [-0.3, -0.25) is 9.88 Å². The molecule has 19 heavy (non-hydrogen) atoms. The number of aromatic nitrogens is 1. The molecule has 1 N–H and O–H groups in total. The predicted molar refractivity (Wildman–Crippen MR) is 73.1 cm³/mol. The van der Waals surface area contributed by atoms with Gasteiger partial charge < -0.3 is 9.84 Å². The van der Waals surface area contributed by atoms with Crippen LogP contribution < -0.4 is 0 Å². The Morgan fingerprint density at radius 3 is 2.89 bits per heavy atom. The van der Waals surface area contributed by atoms with E-state index in [0.29, 0.717) is 5.92 Å². The van der Waals surface area contributed by atoms with Gasteiger partial charge in [-0.15, -0.1) is 0 Å². The van der Waals surface area contributed by atoms with Crippen molar-refractivity contribution < 1.29 is 9.84 Å². The number of aliphatic hydroxyl groups is 1. The zero-order valence-corrected chi connectivity index (χ0v) is 11.5. The maximum atomic E-state index is 9.40. The predicted octanol–water partition coefficient (Wildman–Crippen LogP) is 1.32. The topological polar surface area (TPSA) is 45.6 Å². The number of hydrogen-bond acceptors (Lipinski definition) is 4. The van der Waals surface area contributed by atoms with Crippen molar-refractivity contribution in [3.05, 3.63) is 29.1 Å². The highest BCUT2D eigenvalue weighted by Gasteiger charge is 2.27. The summed E-state index contributed by atoms with van der Waals surface area (Å²) in [7, 11) is 0. The molecule has 1 aromatic heterocycles. The van der Waals surface area contributed by atoms with Crippen LogP contribution in [-0.4, -0.2) is 47.4 Å². The van der Waals surface area contributed by atoms with Gasteiger partial charge in [-0.25, -0.2) is 0 Å². The molecule has 2 aliphatic rings. The fourth-order valence-electron chi connectivity index (χ4n) is 2.92. The first-order valence-electron chi connectivity index (χ1n) is 7.23. The molecule has 2 saturated heterocycles. The molecule has 0 aromatic carbocycles. The summed E-state index contributed by atoms with van der Waals surface area (Å²) >= 11 is 0. The van der Waals surface area contributed by atoms with Crippen LogP contribution in [-0.2, 0) is 17.7 Å². The second-order valence-corrected chi connectivity index (χ2v) is 5.60. The van der Waals surface area contributed by atoms with Gasteiger partial charge in [-0.05, 0) is 24.5 Å². The third-order valence-corrected chi connectivity index (χ3v) is 4.11. The van der Waals surface area contributed by atoms with E-state index in [2.05, 4.69) is 24.0 Å². The standard InChI is InChI=1S/C15H22N2O2/c1-2-12-3-4-14(11-5-6-19-10-11)15(16-12)9-17-7-13(18)8-17/h3-4,11,13,18H,2,5-10H2,1H3. The van der Waals surface area contributed by atoms with E-state index in [1.54, 1.807) is 0 Å². The summed E-state index contributed by atoms with van der Waals surface area (Å²) in [6.45, 7) is 6.23. The zero-order valence-electron chi connectivity index (χ0n) is 11.5. The number of aryl methyl sites for hydroxylation is 1. The molecule has 0 radical (unpaired) electrons. The second kappa shape index (κ2) is 5.57. The molecular formula is C15H22N2O2. The van der Waals surface area contributed by atoms with Crippen LogP contribution in [0.3, 0.4) is 0 Å². The molecule has 2 aliphatic heterocycles. The van der Waals surface area contributed by atoms with Crippen molar-refractivity contribution in [3.63, 3.8) is 0 Å². The van der Waals surface area contributed by atoms with Gasteiger partial charge in [0.2, 0.25) is 0 Å². The van der Waals surface area contributed by atoms with Gasteiger partial charge in [-0.2, -0.15) is 0 Å². The van der Waals surface area contributed by atoms with E-state index < -0.39 is 0 Å². The summed E-state index contributed by atoms with van der Waals surface area (Å²) in [4.78, 5) is 7.06. The van der Waals surface area contributed by atoms with Crippen molar-refractivity contribution in [2.24, 2.45) is 0 Å². The normalized spacial score (nSPS) is 24.6. The first kappa shape index (κ1) is 13.0. The Labute approximate surface area is 114 Å². The van der Waals surface area contributed by atoms with Crippen LogP contribution in [0.25, 0.3) is 0 Å². The van der Waals surface area contributed by atoms with Crippen LogP contribution in [0.15, 0.2) is 12.1 Å². The average Bonchev–Trinajstić information content (AvgIpc) is 2.90. The Morgan fingerprint density at radius 2 is 2.26 bits per heavy atom.